The number of alkyl halides is 1. The maximum Gasteiger partial charge on any atom is 0.514 e. The fraction of sp³-hybridized carbons (Fsp3) is 0.364. The van der Waals surface area contributed by atoms with E-state index in [1.54, 1.807) is 43.1 Å². The smallest absolute Gasteiger partial charge is 0.434 e. The zero-order chi connectivity index (χ0) is 25.1. The number of piperidine rings is 1. The summed E-state index contributed by atoms with van der Waals surface area (Å²) in [6.45, 7) is 3.91. The minimum absolute atomic E-state index is 0.0167. The summed E-state index contributed by atoms with van der Waals surface area (Å²) in [6, 6.07) is 4.55. The molecule has 0 aliphatic carbocycles. The third kappa shape index (κ3) is 5.52. The average Bonchev–Trinajstić information content (AvgIpc) is 3.37. The molecular formula is C22H22Cl2FN5O4S. The van der Waals surface area contributed by atoms with Crippen molar-refractivity contribution in [3.8, 4) is 16.5 Å². The van der Waals surface area contributed by atoms with Crippen LogP contribution in [0.1, 0.15) is 29.5 Å². The highest BCUT2D eigenvalue weighted by atomic mass is 35.5. The van der Waals surface area contributed by atoms with Gasteiger partial charge in [-0.15, -0.1) is 0 Å². The Labute approximate surface area is 214 Å². The molecule has 9 nitrogen and oxygen atoms in total. The van der Waals surface area contributed by atoms with Crippen molar-refractivity contribution < 1.29 is 23.5 Å². The van der Waals surface area contributed by atoms with Crippen LogP contribution in [0.2, 0.25) is 10.0 Å². The van der Waals surface area contributed by atoms with E-state index in [1.165, 1.54) is 0 Å². The van der Waals surface area contributed by atoms with Gasteiger partial charge in [-0.05, 0) is 32.4 Å². The molecule has 35 heavy (non-hydrogen) atoms. The highest BCUT2D eigenvalue weighted by molar-refractivity contribution is 7.18. The summed E-state index contributed by atoms with van der Waals surface area (Å²) in [5.41, 5.74) is 1.52. The van der Waals surface area contributed by atoms with Crippen LogP contribution in [0, 0.1) is 6.92 Å². The fourth-order valence-corrected chi connectivity index (χ4v) is 4.97. The molecule has 186 valence electrons. The number of amides is 1. The number of rotatable bonds is 6. The number of halogens is 3. The first-order valence-electron chi connectivity index (χ1n) is 10.8. The Bertz CT molecular complexity index is 1220. The van der Waals surface area contributed by atoms with Gasteiger partial charge >= 0.3 is 6.16 Å². The van der Waals surface area contributed by atoms with E-state index in [2.05, 4.69) is 20.3 Å². The molecule has 1 aliphatic rings. The fourth-order valence-electron chi connectivity index (χ4n) is 3.60. The summed E-state index contributed by atoms with van der Waals surface area (Å²) in [4.78, 5) is 37.9. The van der Waals surface area contributed by atoms with Gasteiger partial charge in [0.25, 0.3) is 5.91 Å². The van der Waals surface area contributed by atoms with E-state index in [1.807, 2.05) is 0 Å². The van der Waals surface area contributed by atoms with Crippen molar-refractivity contribution in [3.05, 3.63) is 45.8 Å². The molecule has 1 saturated heterocycles. The lowest BCUT2D eigenvalue weighted by Crippen LogP contribution is -2.52. The van der Waals surface area contributed by atoms with Crippen LogP contribution in [0.15, 0.2) is 24.4 Å². The molecule has 4 rings (SSSR count). The van der Waals surface area contributed by atoms with Crippen molar-refractivity contribution in [1.29, 1.82) is 0 Å². The first-order chi connectivity index (χ1) is 16.8. The van der Waals surface area contributed by atoms with Crippen LogP contribution >= 0.6 is 34.5 Å². The van der Waals surface area contributed by atoms with Crippen molar-refractivity contribution in [3.63, 3.8) is 0 Å². The molecule has 0 bridgehead atoms. The van der Waals surface area contributed by atoms with E-state index in [0.717, 1.165) is 11.3 Å². The molecule has 0 radical (unpaired) electrons. The van der Waals surface area contributed by atoms with E-state index in [0.29, 0.717) is 35.2 Å². The highest BCUT2D eigenvalue weighted by Gasteiger charge is 2.34. The Morgan fingerprint density at radius 2 is 2.14 bits per heavy atom. The number of pyridine rings is 1. The van der Waals surface area contributed by atoms with Gasteiger partial charge < -0.3 is 24.7 Å². The molecule has 3 aromatic heterocycles. The maximum absolute atomic E-state index is 15.1. The lowest BCUT2D eigenvalue weighted by Gasteiger charge is -2.34. The number of aromatic amines is 1. The number of H-pyrrole nitrogens is 1. The maximum atomic E-state index is 15.1. The Morgan fingerprint density at radius 3 is 2.77 bits per heavy atom. The van der Waals surface area contributed by atoms with Gasteiger partial charge in [0.2, 0.25) is 5.06 Å². The summed E-state index contributed by atoms with van der Waals surface area (Å²) < 4.78 is 25.3. The van der Waals surface area contributed by atoms with Gasteiger partial charge in [0.1, 0.15) is 17.6 Å². The first kappa shape index (κ1) is 25.2. The first-order valence-corrected chi connectivity index (χ1v) is 12.4. The molecule has 1 amide bonds. The van der Waals surface area contributed by atoms with Crippen molar-refractivity contribution in [2.24, 2.45) is 0 Å². The van der Waals surface area contributed by atoms with E-state index >= 15 is 4.39 Å². The second-order valence-corrected chi connectivity index (χ2v) is 9.41. The second-order valence-electron chi connectivity index (χ2n) is 7.72. The standard InChI is InChI=1S/C22H22Cl2FN5O4S/c1-3-33-22(32)34-20-17(14-6-4-5-8-26-14)29-21(35-20)30-9-7-13(12(25)10-30)28-19(31)18-16(24)15(23)11(2)27-18/h4-6,8,12-13,27H,3,7,9-10H2,1-2H3,(H,28,31)/t12-,13+/m0/s1. The highest BCUT2D eigenvalue weighted by Crippen LogP contribution is 2.40. The largest absolute Gasteiger partial charge is 0.514 e. The molecule has 1 fully saturated rings. The summed E-state index contributed by atoms with van der Waals surface area (Å²) in [7, 11) is 0. The Hall–Kier alpha value is -2.89. The molecule has 0 spiro atoms. The Morgan fingerprint density at radius 1 is 1.34 bits per heavy atom. The third-order valence-electron chi connectivity index (χ3n) is 5.34. The molecule has 1 aliphatic heterocycles. The third-order valence-corrected chi connectivity index (χ3v) is 7.28. The monoisotopic (exact) mass is 541 g/mol. The zero-order valence-electron chi connectivity index (χ0n) is 18.8. The molecule has 3 aromatic rings. The van der Waals surface area contributed by atoms with E-state index in [-0.39, 0.29) is 34.0 Å². The van der Waals surface area contributed by atoms with Crippen molar-refractivity contribution in [1.82, 2.24) is 20.3 Å². The van der Waals surface area contributed by atoms with E-state index < -0.39 is 24.3 Å². The van der Waals surface area contributed by atoms with Gasteiger partial charge in [-0.3, -0.25) is 9.78 Å². The molecule has 2 atom stereocenters. The topological polar surface area (TPSA) is 109 Å². The number of ether oxygens (including phenoxy) is 2. The predicted octanol–water partition coefficient (Wildman–Crippen LogP) is 5.03. The van der Waals surface area contributed by atoms with Gasteiger partial charge in [0.05, 0.1) is 34.9 Å². The van der Waals surface area contributed by atoms with Gasteiger partial charge in [0, 0.05) is 18.4 Å². The molecule has 0 aromatic carbocycles. The molecule has 2 N–H and O–H groups in total. The number of anilines is 1. The SMILES string of the molecule is CCOC(=O)Oc1sc(N2CC[C@@H](NC(=O)c3[nH]c(C)c(Cl)c3Cl)[C@@H](F)C2)nc1-c1ccccn1. The molecule has 0 unspecified atom stereocenters. The van der Waals surface area contributed by atoms with Gasteiger partial charge in [-0.1, -0.05) is 40.6 Å². The molecule has 13 heteroatoms. The lowest BCUT2D eigenvalue weighted by atomic mass is 10.0. The van der Waals surface area contributed by atoms with Crippen molar-refractivity contribution in [2.45, 2.75) is 32.5 Å². The number of thiazole rings is 1. The number of carbonyl (C=O) groups excluding carboxylic acids is 2. The number of hydrogen-bond donors (Lipinski definition) is 2. The van der Waals surface area contributed by atoms with Gasteiger partial charge in [0.15, 0.2) is 5.13 Å². The van der Waals surface area contributed by atoms with Crippen molar-refractivity contribution in [2.75, 3.05) is 24.6 Å². The van der Waals surface area contributed by atoms with Crippen LogP contribution in [-0.2, 0) is 4.74 Å². The minimum Gasteiger partial charge on any atom is -0.434 e. The van der Waals surface area contributed by atoms with Gasteiger partial charge in [-0.25, -0.2) is 14.2 Å². The average molecular weight is 542 g/mol. The summed E-state index contributed by atoms with van der Waals surface area (Å²) in [5.74, 6) is -0.525. The van der Waals surface area contributed by atoms with E-state index in [4.69, 9.17) is 32.7 Å². The number of nitrogens with one attached hydrogen (secondary N) is 2. The van der Waals surface area contributed by atoms with Crippen molar-refractivity contribution >= 4 is 51.7 Å². The van der Waals surface area contributed by atoms with Crippen LogP contribution < -0.4 is 15.0 Å². The van der Waals surface area contributed by atoms with Crippen LogP contribution in [0.3, 0.4) is 0 Å². The molecule has 0 saturated carbocycles. The zero-order valence-corrected chi connectivity index (χ0v) is 21.1. The summed E-state index contributed by atoms with van der Waals surface area (Å²) >= 11 is 13.2. The van der Waals surface area contributed by atoms with Crippen LogP contribution in [0.5, 0.6) is 5.06 Å². The predicted molar refractivity (Wildman–Crippen MR) is 132 cm³/mol. The van der Waals surface area contributed by atoms with Gasteiger partial charge in [-0.2, -0.15) is 0 Å². The number of aryl methyl sites for hydroxylation is 1. The lowest BCUT2D eigenvalue weighted by molar-refractivity contribution is 0.0893. The second kappa shape index (κ2) is 10.8. The molecular weight excluding hydrogens is 520 g/mol. The summed E-state index contributed by atoms with van der Waals surface area (Å²) in [6.07, 6.45) is -0.318. The normalized spacial score (nSPS) is 17.8. The number of carbonyl (C=O) groups is 2. The summed E-state index contributed by atoms with van der Waals surface area (Å²) in [5, 5.41) is 3.73. The quantitative estimate of drug-likeness (QED) is 0.421. The Kier molecular flexibility index (Phi) is 7.78. The van der Waals surface area contributed by atoms with Crippen LogP contribution in [0.4, 0.5) is 14.3 Å². The van der Waals surface area contributed by atoms with E-state index in [9.17, 15) is 9.59 Å². The van der Waals surface area contributed by atoms with Crippen LogP contribution in [0.25, 0.3) is 11.4 Å². The minimum atomic E-state index is -1.38. The number of aromatic nitrogens is 3. The molecule has 4 heterocycles. The number of hydrogen-bond acceptors (Lipinski definition) is 8. The number of nitrogens with zero attached hydrogens (tertiary/aromatic N) is 3. The Balaban J connectivity index is 1.48. The van der Waals surface area contributed by atoms with Crippen LogP contribution in [-0.4, -0.2) is 58.9 Å².